The lowest BCUT2D eigenvalue weighted by Crippen LogP contribution is -2.10. The van der Waals surface area contributed by atoms with Gasteiger partial charge in [-0.3, -0.25) is 0 Å². The Hall–Kier alpha value is -4.44. The average Bonchev–Trinajstić information content (AvgIpc) is 3.08. The van der Waals surface area contributed by atoms with Crippen molar-refractivity contribution in [1.29, 1.82) is 0 Å². The van der Waals surface area contributed by atoms with Crippen molar-refractivity contribution in [3.8, 4) is 23.0 Å². The third-order valence-electron chi connectivity index (χ3n) is 9.32. The highest BCUT2D eigenvalue weighted by molar-refractivity contribution is 5.76. The van der Waals surface area contributed by atoms with Gasteiger partial charge in [0.15, 0.2) is 0 Å². The third kappa shape index (κ3) is 6.63. The van der Waals surface area contributed by atoms with E-state index in [9.17, 15) is 0 Å². The largest absolute Gasteiger partial charge is 0.493 e. The molecule has 4 aliphatic carbocycles. The Balaban J connectivity index is 1.63. The van der Waals surface area contributed by atoms with Crippen LogP contribution in [0, 0.1) is 0 Å². The van der Waals surface area contributed by atoms with Crippen molar-refractivity contribution in [3.63, 3.8) is 0 Å². The standard InChI is InChI=1S/C44H48O4/c1-5-13-45-41-33-17-29-9-10-32-23-39-27-37-21-30(19-35(25-33)42(37)46-14-6-2)11-12-31-20-36(26-34(41)18-29)43(47-15-7-3)38(22-31)28-40(24-32)44(39)48-16-8-4/h9-12,17-24H,5-8,13-16,25-28H2,1-4H3/b10-9-,12-11-. The fraction of sp³-hybridized carbons (Fsp3) is 0.364. The molecule has 12 bridgehead atoms. The van der Waals surface area contributed by atoms with Gasteiger partial charge in [0, 0.05) is 25.7 Å². The summed E-state index contributed by atoms with van der Waals surface area (Å²) >= 11 is 0. The minimum atomic E-state index is 0.667. The number of hydrogen-bond acceptors (Lipinski definition) is 4. The quantitative estimate of drug-likeness (QED) is 0.133. The van der Waals surface area contributed by atoms with Crippen LogP contribution in [-0.4, -0.2) is 26.4 Å². The molecule has 48 heavy (non-hydrogen) atoms. The first-order valence-electron chi connectivity index (χ1n) is 18.1. The van der Waals surface area contributed by atoms with Gasteiger partial charge in [0.25, 0.3) is 0 Å². The molecule has 0 unspecified atom stereocenters. The molecule has 4 aliphatic rings. The monoisotopic (exact) mass is 640 g/mol. The molecule has 0 saturated carbocycles. The zero-order valence-electron chi connectivity index (χ0n) is 29.0. The van der Waals surface area contributed by atoms with Crippen molar-refractivity contribution in [2.75, 3.05) is 26.4 Å². The van der Waals surface area contributed by atoms with Crippen LogP contribution in [0.3, 0.4) is 0 Å². The number of hydrogen-bond donors (Lipinski definition) is 0. The Bertz CT molecular complexity index is 1510. The summed E-state index contributed by atoms with van der Waals surface area (Å²) in [6.07, 6.45) is 15.7. The van der Waals surface area contributed by atoms with E-state index in [0.29, 0.717) is 52.1 Å². The highest BCUT2D eigenvalue weighted by Gasteiger charge is 2.24. The molecule has 0 amide bonds. The summed E-state index contributed by atoms with van der Waals surface area (Å²) in [6.45, 7) is 11.4. The zero-order chi connectivity index (χ0) is 33.0. The highest BCUT2D eigenvalue weighted by Crippen LogP contribution is 2.42. The predicted molar refractivity (Wildman–Crippen MR) is 198 cm³/mol. The van der Waals surface area contributed by atoms with Crippen LogP contribution in [-0.2, 0) is 25.7 Å². The number of ether oxygens (including phenoxy) is 4. The summed E-state index contributed by atoms with van der Waals surface area (Å²) in [4.78, 5) is 0. The van der Waals surface area contributed by atoms with Crippen LogP contribution in [0.5, 0.6) is 23.0 Å². The van der Waals surface area contributed by atoms with Crippen molar-refractivity contribution in [3.05, 3.63) is 115 Å². The first-order chi connectivity index (χ1) is 23.6. The summed E-state index contributed by atoms with van der Waals surface area (Å²) < 4.78 is 26.8. The van der Waals surface area contributed by atoms with Crippen molar-refractivity contribution >= 4 is 24.3 Å². The molecule has 8 rings (SSSR count). The summed E-state index contributed by atoms with van der Waals surface area (Å²) in [5, 5.41) is 0. The van der Waals surface area contributed by atoms with Gasteiger partial charge in [0.1, 0.15) is 23.0 Å². The fourth-order valence-electron chi connectivity index (χ4n) is 7.32. The van der Waals surface area contributed by atoms with Gasteiger partial charge in [0.05, 0.1) is 26.4 Å². The molecule has 0 saturated heterocycles. The molecule has 4 aromatic rings. The summed E-state index contributed by atoms with van der Waals surface area (Å²) in [7, 11) is 0. The second kappa shape index (κ2) is 14.4. The Labute approximate surface area is 286 Å². The zero-order valence-corrected chi connectivity index (χ0v) is 29.0. The maximum absolute atomic E-state index is 6.71. The lowest BCUT2D eigenvalue weighted by atomic mass is 9.89. The molecular weight excluding hydrogens is 592 g/mol. The van der Waals surface area contributed by atoms with Gasteiger partial charge >= 0.3 is 0 Å². The van der Waals surface area contributed by atoms with E-state index >= 15 is 0 Å². The van der Waals surface area contributed by atoms with Gasteiger partial charge in [-0.2, -0.15) is 0 Å². The van der Waals surface area contributed by atoms with E-state index in [-0.39, 0.29) is 0 Å². The SMILES string of the molecule is CCCOc1c2cc3cc1Cc1cc4cc(c1OCCC)Cc1cc(cc(c1OCCC)Cc1cc(cc(c1OCCC)C2)/C=C\4)/C=C\3. The molecular formula is C44H48O4. The van der Waals surface area contributed by atoms with Crippen molar-refractivity contribution in [2.24, 2.45) is 0 Å². The van der Waals surface area contributed by atoms with Gasteiger partial charge in [-0.15, -0.1) is 0 Å². The smallest absolute Gasteiger partial charge is 0.126 e. The van der Waals surface area contributed by atoms with Crippen LogP contribution in [0.2, 0.25) is 0 Å². The van der Waals surface area contributed by atoms with E-state index in [0.717, 1.165) is 48.7 Å². The molecule has 0 N–H and O–H groups in total. The van der Waals surface area contributed by atoms with E-state index < -0.39 is 0 Å². The maximum Gasteiger partial charge on any atom is 0.126 e. The second-order valence-electron chi connectivity index (χ2n) is 13.4. The van der Waals surface area contributed by atoms with E-state index in [1.54, 1.807) is 0 Å². The normalized spacial score (nSPS) is 14.9. The van der Waals surface area contributed by atoms with Crippen molar-refractivity contribution in [1.82, 2.24) is 0 Å². The minimum Gasteiger partial charge on any atom is -0.493 e. The topological polar surface area (TPSA) is 36.9 Å². The first kappa shape index (κ1) is 32.1. The fourth-order valence-corrected chi connectivity index (χ4v) is 7.32. The molecule has 0 aliphatic heterocycles. The number of benzene rings is 4. The lowest BCUT2D eigenvalue weighted by Gasteiger charge is -2.23. The molecule has 0 aromatic heterocycles. The molecule has 0 radical (unpaired) electrons. The second-order valence-corrected chi connectivity index (χ2v) is 13.4. The van der Waals surface area contributed by atoms with Gasteiger partial charge in [0.2, 0.25) is 0 Å². The highest BCUT2D eigenvalue weighted by atomic mass is 16.5. The summed E-state index contributed by atoms with van der Waals surface area (Å²) in [5.74, 6) is 3.96. The van der Waals surface area contributed by atoms with Crippen LogP contribution in [0.25, 0.3) is 24.3 Å². The van der Waals surface area contributed by atoms with Crippen LogP contribution >= 0.6 is 0 Å². The third-order valence-corrected chi connectivity index (χ3v) is 9.32. The first-order valence-corrected chi connectivity index (χ1v) is 18.1. The van der Waals surface area contributed by atoms with Crippen LogP contribution < -0.4 is 18.9 Å². The van der Waals surface area contributed by atoms with Gasteiger partial charge in [-0.1, -0.05) is 52.0 Å². The molecule has 0 fully saturated rings. The Morgan fingerprint density at radius 1 is 0.333 bits per heavy atom. The van der Waals surface area contributed by atoms with E-state index in [1.165, 1.54) is 66.8 Å². The Kier molecular flexibility index (Phi) is 9.61. The van der Waals surface area contributed by atoms with Crippen molar-refractivity contribution in [2.45, 2.75) is 79.1 Å². The molecule has 0 heterocycles. The minimum absolute atomic E-state index is 0.667. The molecule has 248 valence electrons. The Morgan fingerprint density at radius 2 is 0.521 bits per heavy atom. The molecule has 0 spiro atoms. The molecule has 0 atom stereocenters. The van der Waals surface area contributed by atoms with Crippen LogP contribution in [0.1, 0.15) is 120 Å². The molecule has 4 heteroatoms. The van der Waals surface area contributed by atoms with E-state index in [1.807, 2.05) is 0 Å². The summed E-state index contributed by atoms with van der Waals surface area (Å²) in [6, 6.07) is 18.6. The van der Waals surface area contributed by atoms with Crippen LogP contribution in [0.15, 0.2) is 48.5 Å². The van der Waals surface area contributed by atoms with Gasteiger partial charge < -0.3 is 18.9 Å². The Morgan fingerprint density at radius 3 is 0.688 bits per heavy atom. The molecule has 4 aromatic carbocycles. The lowest BCUT2D eigenvalue weighted by molar-refractivity contribution is 0.304. The average molecular weight is 641 g/mol. The maximum atomic E-state index is 6.71. The van der Waals surface area contributed by atoms with E-state index in [2.05, 4.69) is 101 Å². The predicted octanol–water partition coefficient (Wildman–Crippen LogP) is 10.5. The van der Waals surface area contributed by atoms with Crippen molar-refractivity contribution < 1.29 is 18.9 Å². The van der Waals surface area contributed by atoms with Gasteiger partial charge in [-0.05, 0) is 141 Å². The summed E-state index contributed by atoms with van der Waals surface area (Å²) in [5.41, 5.74) is 14.2. The molecule has 4 nitrogen and oxygen atoms in total. The number of rotatable bonds is 12. The van der Waals surface area contributed by atoms with Gasteiger partial charge in [-0.25, -0.2) is 0 Å². The van der Waals surface area contributed by atoms with Crippen LogP contribution in [0.4, 0.5) is 0 Å². The van der Waals surface area contributed by atoms with E-state index in [4.69, 9.17) is 18.9 Å².